The number of pyridine rings is 1. The molecular formula is C42H49N3O4. The Morgan fingerprint density at radius 1 is 0.939 bits per heavy atom. The predicted molar refractivity (Wildman–Crippen MR) is 191 cm³/mol. The number of carbonyl (C=O) groups excluding carboxylic acids is 1. The second-order valence-corrected chi connectivity index (χ2v) is 15.7. The van der Waals surface area contributed by atoms with E-state index in [2.05, 4.69) is 85.4 Å². The van der Waals surface area contributed by atoms with Crippen molar-refractivity contribution in [3.8, 4) is 11.1 Å². The average molecular weight is 660 g/mol. The maximum atomic E-state index is 12.7. The van der Waals surface area contributed by atoms with Crippen molar-refractivity contribution in [2.45, 2.75) is 84.6 Å². The van der Waals surface area contributed by atoms with Crippen LogP contribution in [0.1, 0.15) is 92.0 Å². The number of ether oxygens (including phenoxy) is 2. The van der Waals surface area contributed by atoms with Gasteiger partial charge in [0, 0.05) is 49.6 Å². The molecule has 3 aromatic carbocycles. The molecule has 3 fully saturated rings. The largest absolute Gasteiger partial charge is 0.392 e. The molecule has 7 rings (SSSR count). The van der Waals surface area contributed by atoms with E-state index in [0.717, 1.165) is 46.5 Å². The summed E-state index contributed by atoms with van der Waals surface area (Å²) < 4.78 is 13.7. The van der Waals surface area contributed by atoms with Crippen LogP contribution in [0.4, 0.5) is 0 Å². The first kappa shape index (κ1) is 33.6. The molecule has 49 heavy (non-hydrogen) atoms. The Kier molecular flexibility index (Phi) is 9.46. The maximum absolute atomic E-state index is 12.7. The highest BCUT2D eigenvalue weighted by molar-refractivity contribution is 5.93. The van der Waals surface area contributed by atoms with Gasteiger partial charge in [0.2, 0.25) is 0 Å². The van der Waals surface area contributed by atoms with Gasteiger partial charge in [0.05, 0.1) is 24.4 Å². The summed E-state index contributed by atoms with van der Waals surface area (Å²) in [6.07, 6.45) is 6.34. The van der Waals surface area contributed by atoms with Gasteiger partial charge in [-0.3, -0.25) is 14.7 Å². The minimum atomic E-state index is -0.513. The van der Waals surface area contributed by atoms with Crippen molar-refractivity contribution in [1.82, 2.24) is 15.2 Å². The van der Waals surface area contributed by atoms with Gasteiger partial charge >= 0.3 is 0 Å². The van der Waals surface area contributed by atoms with Crippen LogP contribution in [-0.2, 0) is 22.6 Å². The lowest BCUT2D eigenvalue weighted by Gasteiger charge is -2.43. The quantitative estimate of drug-likeness (QED) is 0.190. The lowest BCUT2D eigenvalue weighted by atomic mass is 9.65. The fourth-order valence-corrected chi connectivity index (χ4v) is 8.90. The summed E-state index contributed by atoms with van der Waals surface area (Å²) in [5.74, 6) is -0.00471. The molecule has 0 spiro atoms. The topological polar surface area (TPSA) is 83.9 Å². The van der Waals surface area contributed by atoms with Crippen molar-refractivity contribution in [2.24, 2.45) is 16.7 Å². The molecule has 7 heteroatoms. The molecule has 6 atom stereocenters. The normalized spacial score (nSPS) is 27.9. The Hall–Kier alpha value is -3.88. The van der Waals surface area contributed by atoms with Crippen LogP contribution in [0.25, 0.3) is 11.1 Å². The molecule has 2 saturated heterocycles. The molecule has 2 aliphatic heterocycles. The number of benzene rings is 3. The van der Waals surface area contributed by atoms with Crippen molar-refractivity contribution in [1.29, 1.82) is 0 Å². The van der Waals surface area contributed by atoms with Crippen LogP contribution in [0.5, 0.6) is 0 Å². The van der Waals surface area contributed by atoms with Crippen LogP contribution >= 0.6 is 0 Å². The highest BCUT2D eigenvalue weighted by atomic mass is 16.7. The fraction of sp³-hybridized carbons (Fsp3) is 0.429. The van der Waals surface area contributed by atoms with E-state index in [9.17, 15) is 9.90 Å². The Labute approximate surface area is 290 Å². The SMILES string of the molecule is C[C@@H]1[C@H](CN2CC3(C)CC2CC(C)(C)C3)O[C@H](c2ccc(-c3ccccc3CNC(=O)c3cccnc3)cc2)O[C@@H]1c1ccc(CO)cc1. The van der Waals surface area contributed by atoms with Crippen LogP contribution < -0.4 is 5.32 Å². The van der Waals surface area contributed by atoms with Gasteiger partial charge in [-0.15, -0.1) is 0 Å². The predicted octanol–water partition coefficient (Wildman–Crippen LogP) is 7.86. The Bertz CT molecular complexity index is 1740. The number of nitrogens with zero attached hydrogens (tertiary/aromatic N) is 2. The van der Waals surface area contributed by atoms with Crippen molar-refractivity contribution >= 4 is 5.91 Å². The van der Waals surface area contributed by atoms with E-state index in [0.29, 0.717) is 29.0 Å². The Balaban J connectivity index is 1.11. The molecule has 0 radical (unpaired) electrons. The summed E-state index contributed by atoms with van der Waals surface area (Å²) in [6.45, 7) is 12.0. The van der Waals surface area contributed by atoms with Gasteiger partial charge in [-0.05, 0) is 70.0 Å². The van der Waals surface area contributed by atoms with E-state index in [1.165, 1.54) is 19.3 Å². The van der Waals surface area contributed by atoms with E-state index >= 15 is 0 Å². The molecule has 256 valence electrons. The maximum Gasteiger partial charge on any atom is 0.253 e. The first-order valence-corrected chi connectivity index (χ1v) is 17.7. The second-order valence-electron chi connectivity index (χ2n) is 15.7. The third-order valence-electron chi connectivity index (χ3n) is 10.9. The van der Waals surface area contributed by atoms with Gasteiger partial charge in [0.15, 0.2) is 6.29 Å². The number of carbonyl (C=O) groups is 1. The minimum Gasteiger partial charge on any atom is -0.392 e. The third-order valence-corrected chi connectivity index (χ3v) is 10.9. The van der Waals surface area contributed by atoms with Crippen molar-refractivity contribution in [3.63, 3.8) is 0 Å². The van der Waals surface area contributed by atoms with Gasteiger partial charge in [0.1, 0.15) is 0 Å². The van der Waals surface area contributed by atoms with Gasteiger partial charge in [-0.2, -0.15) is 0 Å². The lowest BCUT2D eigenvalue weighted by Crippen LogP contribution is -2.46. The van der Waals surface area contributed by atoms with Crippen LogP contribution in [0.15, 0.2) is 97.3 Å². The third kappa shape index (κ3) is 7.36. The van der Waals surface area contributed by atoms with Crippen LogP contribution in [0.3, 0.4) is 0 Å². The smallest absolute Gasteiger partial charge is 0.253 e. The number of likely N-dealkylation sites (tertiary alicyclic amines) is 1. The molecular weight excluding hydrogens is 610 g/mol. The summed E-state index contributed by atoms with van der Waals surface area (Å²) >= 11 is 0. The van der Waals surface area contributed by atoms with E-state index in [4.69, 9.17) is 9.47 Å². The molecule has 7 nitrogen and oxygen atoms in total. The molecule has 3 aliphatic rings. The standard InChI is InChI=1S/C42H49N3O4/c1-28-37(24-45-27-42(4)21-35(45)20-41(2,3)26-42)48-40(49-38(28)31-13-11-29(25-46)12-14-31)32-17-15-30(16-18-32)36-10-6-5-8-33(36)23-44-39(47)34-9-7-19-43-22-34/h5-19,22,28,35,37-38,40,46H,20-21,23-27H2,1-4H3,(H,44,47)/t28-,35?,37+,38+,40+,42?/m1/s1. The highest BCUT2D eigenvalue weighted by Gasteiger charge is 2.51. The highest BCUT2D eigenvalue weighted by Crippen LogP contribution is 2.53. The zero-order valence-electron chi connectivity index (χ0n) is 29.1. The van der Waals surface area contributed by atoms with Crippen molar-refractivity contribution < 1.29 is 19.4 Å². The number of hydrogen-bond donors (Lipinski definition) is 2. The fourth-order valence-electron chi connectivity index (χ4n) is 8.90. The number of hydrogen-bond acceptors (Lipinski definition) is 6. The molecule has 1 amide bonds. The summed E-state index contributed by atoms with van der Waals surface area (Å²) in [4.78, 5) is 19.5. The van der Waals surface area contributed by atoms with Gasteiger partial charge < -0.3 is 19.9 Å². The first-order valence-electron chi connectivity index (χ1n) is 17.7. The first-order chi connectivity index (χ1) is 23.6. The minimum absolute atomic E-state index is 0.00356. The zero-order valence-corrected chi connectivity index (χ0v) is 29.1. The van der Waals surface area contributed by atoms with Gasteiger partial charge in [-0.25, -0.2) is 0 Å². The number of amides is 1. The van der Waals surface area contributed by atoms with E-state index in [1.807, 2.05) is 30.3 Å². The van der Waals surface area contributed by atoms with Gasteiger partial charge in [-0.1, -0.05) is 100 Å². The molecule has 4 aromatic rings. The van der Waals surface area contributed by atoms with E-state index in [-0.39, 0.29) is 30.6 Å². The van der Waals surface area contributed by atoms with Gasteiger partial charge in [0.25, 0.3) is 5.91 Å². The summed E-state index contributed by atoms with van der Waals surface area (Å²) in [6, 6.07) is 28.9. The summed E-state index contributed by atoms with van der Waals surface area (Å²) in [7, 11) is 0. The number of aliphatic hydroxyl groups is 1. The monoisotopic (exact) mass is 659 g/mol. The Morgan fingerprint density at radius 2 is 1.69 bits per heavy atom. The molecule has 1 aliphatic carbocycles. The number of aromatic nitrogens is 1. The number of nitrogens with one attached hydrogen (secondary N) is 1. The van der Waals surface area contributed by atoms with Crippen LogP contribution in [-0.4, -0.2) is 46.1 Å². The summed E-state index contributed by atoms with van der Waals surface area (Å²) in [5, 5.41) is 12.7. The van der Waals surface area contributed by atoms with Crippen LogP contribution in [0, 0.1) is 16.7 Å². The number of aliphatic hydroxyl groups excluding tert-OH is 1. The van der Waals surface area contributed by atoms with Crippen molar-refractivity contribution in [3.05, 3.63) is 125 Å². The molecule has 1 aromatic heterocycles. The lowest BCUT2D eigenvalue weighted by molar-refractivity contribution is -0.276. The van der Waals surface area contributed by atoms with E-state index in [1.54, 1.807) is 24.5 Å². The molecule has 2 unspecified atom stereocenters. The summed E-state index contributed by atoms with van der Waals surface area (Å²) in [5.41, 5.74) is 7.39. The number of fused-ring (bicyclic) bond motifs is 2. The number of rotatable bonds is 9. The molecule has 2 bridgehead atoms. The molecule has 2 N–H and O–H groups in total. The second kappa shape index (κ2) is 13.8. The molecule has 3 heterocycles. The van der Waals surface area contributed by atoms with E-state index < -0.39 is 6.29 Å². The van der Waals surface area contributed by atoms with Crippen molar-refractivity contribution in [2.75, 3.05) is 13.1 Å². The average Bonchev–Trinajstić information content (AvgIpc) is 3.35. The van der Waals surface area contributed by atoms with Crippen LogP contribution in [0.2, 0.25) is 0 Å². The zero-order chi connectivity index (χ0) is 34.2. The molecule has 1 saturated carbocycles. The Morgan fingerprint density at radius 3 is 2.43 bits per heavy atom.